The molecule has 2 nitrogen and oxygen atoms in total. The van der Waals surface area contributed by atoms with Gasteiger partial charge in [-0.3, -0.25) is 0 Å². The summed E-state index contributed by atoms with van der Waals surface area (Å²) in [4.78, 5) is 3.98. The van der Waals surface area contributed by atoms with Crippen LogP contribution in [0.15, 0.2) is 23.4 Å². The number of aromatic nitrogens is 1. The molecule has 0 aromatic carbocycles. The largest absolute Gasteiger partial charge is 0.417 e. The first-order chi connectivity index (χ1) is 9.81. The molecule has 0 amide bonds. The highest BCUT2D eigenvalue weighted by Gasteiger charge is 2.34. The second-order valence-electron chi connectivity index (χ2n) is 5.91. The monoisotopic (exact) mass is 318 g/mol. The molecule has 4 atom stereocenters. The highest BCUT2D eigenvalue weighted by atomic mass is 32.2. The fourth-order valence-corrected chi connectivity index (χ4v) is 4.36. The summed E-state index contributed by atoms with van der Waals surface area (Å²) < 4.78 is 37.6. The molecular weight excluding hydrogens is 297 g/mol. The summed E-state index contributed by atoms with van der Waals surface area (Å²) in [5.41, 5.74) is -0.692. The smallest absolute Gasteiger partial charge is 0.316 e. The summed E-state index contributed by atoms with van der Waals surface area (Å²) in [6.45, 7) is 4.46. The quantitative estimate of drug-likeness (QED) is 0.903. The molecule has 1 aliphatic carbocycles. The lowest BCUT2D eigenvalue weighted by molar-refractivity contribution is -0.137. The molecule has 1 aliphatic rings. The average molecular weight is 318 g/mol. The Morgan fingerprint density at radius 3 is 2.48 bits per heavy atom. The highest BCUT2D eigenvalue weighted by Crippen LogP contribution is 2.39. The third-order valence-electron chi connectivity index (χ3n) is 4.08. The SMILES string of the molecule is CNC1CC(C)CC(C)C1Sc1ccc(C(F)(F)F)cn1. The lowest BCUT2D eigenvalue weighted by Crippen LogP contribution is -2.44. The molecule has 1 N–H and O–H groups in total. The predicted octanol–water partition coefficient (Wildman–Crippen LogP) is 4.22. The van der Waals surface area contributed by atoms with E-state index in [0.29, 0.717) is 28.2 Å². The maximum atomic E-state index is 12.5. The Hall–Kier alpha value is -0.750. The minimum Gasteiger partial charge on any atom is -0.316 e. The van der Waals surface area contributed by atoms with Gasteiger partial charge < -0.3 is 5.32 Å². The molecule has 1 aromatic rings. The van der Waals surface area contributed by atoms with E-state index in [1.165, 1.54) is 6.07 Å². The van der Waals surface area contributed by atoms with Gasteiger partial charge in [0.05, 0.1) is 10.6 Å². The normalized spacial score (nSPS) is 30.4. The molecule has 0 spiro atoms. The zero-order chi connectivity index (χ0) is 15.6. The summed E-state index contributed by atoms with van der Waals surface area (Å²) in [7, 11) is 1.95. The molecule has 2 rings (SSSR count). The molecule has 0 bridgehead atoms. The number of hydrogen-bond acceptors (Lipinski definition) is 3. The van der Waals surface area contributed by atoms with Crippen LogP contribution in [0.25, 0.3) is 0 Å². The molecule has 21 heavy (non-hydrogen) atoms. The fourth-order valence-electron chi connectivity index (χ4n) is 3.07. The van der Waals surface area contributed by atoms with Gasteiger partial charge in [-0.2, -0.15) is 13.2 Å². The van der Waals surface area contributed by atoms with Crippen molar-refractivity contribution >= 4 is 11.8 Å². The standard InChI is InChI=1S/C15H21F3N2S/c1-9-6-10(2)14(12(7-9)19-3)21-13-5-4-11(8-20-13)15(16,17)18/h4-5,8-10,12,14,19H,6-7H2,1-3H3. The zero-order valence-corrected chi connectivity index (χ0v) is 13.3. The number of hydrogen-bond donors (Lipinski definition) is 1. The van der Waals surface area contributed by atoms with Crippen LogP contribution in [0.3, 0.4) is 0 Å². The van der Waals surface area contributed by atoms with E-state index in [4.69, 9.17) is 0 Å². The van der Waals surface area contributed by atoms with Gasteiger partial charge in [0.2, 0.25) is 0 Å². The molecule has 1 aromatic heterocycles. The lowest BCUT2D eigenvalue weighted by atomic mass is 9.80. The third-order valence-corrected chi connectivity index (χ3v) is 5.63. The summed E-state index contributed by atoms with van der Waals surface area (Å²) in [5.74, 6) is 1.19. The van der Waals surface area contributed by atoms with E-state index in [1.54, 1.807) is 11.8 Å². The summed E-state index contributed by atoms with van der Waals surface area (Å²) >= 11 is 1.59. The summed E-state index contributed by atoms with van der Waals surface area (Å²) in [5, 5.41) is 4.35. The molecule has 1 saturated carbocycles. The number of thioether (sulfide) groups is 1. The summed E-state index contributed by atoms with van der Waals surface area (Å²) in [6.07, 6.45) is -1.15. The predicted molar refractivity (Wildman–Crippen MR) is 79.3 cm³/mol. The van der Waals surface area contributed by atoms with Crippen molar-refractivity contribution in [3.05, 3.63) is 23.9 Å². The van der Waals surface area contributed by atoms with Crippen molar-refractivity contribution in [1.29, 1.82) is 0 Å². The molecule has 118 valence electrons. The van der Waals surface area contributed by atoms with Crippen LogP contribution >= 0.6 is 11.8 Å². The second-order valence-corrected chi connectivity index (χ2v) is 7.11. The van der Waals surface area contributed by atoms with Crippen molar-refractivity contribution < 1.29 is 13.2 Å². The second kappa shape index (κ2) is 6.57. The average Bonchev–Trinajstić information content (AvgIpc) is 2.41. The van der Waals surface area contributed by atoms with E-state index >= 15 is 0 Å². The lowest BCUT2D eigenvalue weighted by Gasteiger charge is -2.39. The van der Waals surface area contributed by atoms with Gasteiger partial charge in [-0.05, 0) is 43.9 Å². The van der Waals surface area contributed by atoms with Crippen molar-refractivity contribution in [1.82, 2.24) is 10.3 Å². The maximum Gasteiger partial charge on any atom is 0.417 e. The van der Waals surface area contributed by atoms with Gasteiger partial charge in [0.1, 0.15) is 0 Å². The van der Waals surface area contributed by atoms with Crippen molar-refractivity contribution in [2.45, 2.75) is 49.2 Å². The molecule has 1 fully saturated rings. The van der Waals surface area contributed by atoms with Crippen molar-refractivity contribution in [2.75, 3.05) is 7.05 Å². The van der Waals surface area contributed by atoms with Crippen molar-refractivity contribution in [2.24, 2.45) is 11.8 Å². The van der Waals surface area contributed by atoms with Crippen LogP contribution in [0.4, 0.5) is 13.2 Å². The Morgan fingerprint density at radius 2 is 1.95 bits per heavy atom. The van der Waals surface area contributed by atoms with Gasteiger partial charge in [0.15, 0.2) is 0 Å². The Kier molecular flexibility index (Phi) is 5.20. The van der Waals surface area contributed by atoms with Crippen molar-refractivity contribution in [3.8, 4) is 0 Å². The molecule has 1 heterocycles. The van der Waals surface area contributed by atoms with Gasteiger partial charge >= 0.3 is 6.18 Å². The zero-order valence-electron chi connectivity index (χ0n) is 12.4. The van der Waals surface area contributed by atoms with E-state index in [9.17, 15) is 13.2 Å². The molecule has 0 aliphatic heterocycles. The number of nitrogens with one attached hydrogen (secondary N) is 1. The van der Waals surface area contributed by atoms with Crippen molar-refractivity contribution in [3.63, 3.8) is 0 Å². The number of halogens is 3. The van der Waals surface area contributed by atoms with Gasteiger partial charge in [-0.1, -0.05) is 13.8 Å². The Bertz CT molecular complexity index is 461. The van der Waals surface area contributed by atoms with Gasteiger partial charge in [-0.15, -0.1) is 11.8 Å². The van der Waals surface area contributed by atoms with Crippen LogP contribution < -0.4 is 5.32 Å². The van der Waals surface area contributed by atoms with Crippen LogP contribution in [-0.2, 0) is 6.18 Å². The molecule has 0 saturated heterocycles. The Balaban J connectivity index is 2.09. The minimum atomic E-state index is -4.32. The molecular formula is C15H21F3N2S. The first-order valence-electron chi connectivity index (χ1n) is 7.18. The first kappa shape index (κ1) is 16.6. The molecule has 0 radical (unpaired) electrons. The van der Waals surface area contributed by atoms with Gasteiger partial charge in [0.25, 0.3) is 0 Å². The van der Waals surface area contributed by atoms with Crippen LogP contribution in [0.5, 0.6) is 0 Å². The topological polar surface area (TPSA) is 24.9 Å². The maximum absolute atomic E-state index is 12.5. The number of pyridine rings is 1. The van der Waals surface area contributed by atoms with Gasteiger partial charge in [-0.25, -0.2) is 4.98 Å². The van der Waals surface area contributed by atoms with Crippen LogP contribution in [0.2, 0.25) is 0 Å². The van der Waals surface area contributed by atoms with Gasteiger partial charge in [0, 0.05) is 17.5 Å². The van der Waals surface area contributed by atoms with E-state index in [2.05, 4.69) is 24.1 Å². The first-order valence-corrected chi connectivity index (χ1v) is 8.06. The number of nitrogens with zero attached hydrogens (tertiary/aromatic N) is 1. The van der Waals surface area contributed by atoms with E-state index in [0.717, 1.165) is 25.1 Å². The molecule has 4 unspecified atom stereocenters. The van der Waals surface area contributed by atoms with E-state index in [-0.39, 0.29) is 0 Å². The molecule has 6 heteroatoms. The third kappa shape index (κ3) is 4.13. The number of alkyl halides is 3. The number of rotatable bonds is 3. The fraction of sp³-hybridized carbons (Fsp3) is 0.667. The minimum absolute atomic E-state index is 0.343. The van der Waals surface area contributed by atoms with E-state index < -0.39 is 11.7 Å². The Morgan fingerprint density at radius 1 is 1.24 bits per heavy atom. The van der Waals surface area contributed by atoms with Crippen LogP contribution in [0, 0.1) is 11.8 Å². The van der Waals surface area contributed by atoms with Crippen LogP contribution in [-0.4, -0.2) is 23.3 Å². The van der Waals surface area contributed by atoms with Crippen LogP contribution in [0.1, 0.15) is 32.3 Å². The van der Waals surface area contributed by atoms with E-state index in [1.807, 2.05) is 7.05 Å². The Labute approximate surface area is 127 Å². The summed E-state index contributed by atoms with van der Waals surface area (Å²) in [6, 6.07) is 2.96. The highest BCUT2D eigenvalue weighted by molar-refractivity contribution is 7.99.